The molecule has 0 aliphatic carbocycles. The SMILES string of the molecule is CC(C)(C(N)=O)S(=O)(=O)CC1CCOCC1. The van der Waals surface area contributed by atoms with E-state index in [4.69, 9.17) is 10.5 Å². The van der Waals surface area contributed by atoms with Crippen molar-refractivity contribution in [1.82, 2.24) is 0 Å². The summed E-state index contributed by atoms with van der Waals surface area (Å²) in [6.07, 6.45) is 1.46. The molecule has 2 N–H and O–H groups in total. The van der Waals surface area contributed by atoms with Crippen molar-refractivity contribution in [2.24, 2.45) is 11.7 Å². The minimum atomic E-state index is -3.49. The zero-order valence-corrected chi connectivity index (χ0v) is 10.5. The van der Waals surface area contributed by atoms with Crippen LogP contribution in [0.25, 0.3) is 0 Å². The molecule has 0 aromatic carbocycles. The fourth-order valence-electron chi connectivity index (χ4n) is 1.58. The van der Waals surface area contributed by atoms with E-state index in [-0.39, 0.29) is 11.7 Å². The zero-order valence-electron chi connectivity index (χ0n) is 9.73. The Morgan fingerprint density at radius 2 is 1.88 bits per heavy atom. The summed E-state index contributed by atoms with van der Waals surface area (Å²) in [7, 11) is -3.49. The van der Waals surface area contributed by atoms with Gasteiger partial charge in [0.2, 0.25) is 5.91 Å². The summed E-state index contributed by atoms with van der Waals surface area (Å²) in [6, 6.07) is 0. The Morgan fingerprint density at radius 3 is 2.31 bits per heavy atom. The Bertz CT molecular complexity index is 355. The first kappa shape index (κ1) is 13.4. The Morgan fingerprint density at radius 1 is 1.38 bits per heavy atom. The molecule has 1 rings (SSSR count). The molecule has 6 heteroatoms. The monoisotopic (exact) mass is 249 g/mol. The molecule has 5 nitrogen and oxygen atoms in total. The van der Waals surface area contributed by atoms with Gasteiger partial charge in [-0.3, -0.25) is 4.79 Å². The maximum absolute atomic E-state index is 12.0. The van der Waals surface area contributed by atoms with E-state index in [1.54, 1.807) is 0 Å². The highest BCUT2D eigenvalue weighted by molar-refractivity contribution is 7.93. The van der Waals surface area contributed by atoms with Crippen molar-refractivity contribution in [2.45, 2.75) is 31.4 Å². The van der Waals surface area contributed by atoms with Crippen LogP contribution in [-0.4, -0.2) is 38.0 Å². The van der Waals surface area contributed by atoms with E-state index >= 15 is 0 Å². The third kappa shape index (κ3) is 2.74. The molecule has 1 heterocycles. The van der Waals surface area contributed by atoms with Gasteiger partial charge in [0.15, 0.2) is 9.84 Å². The molecule has 0 aromatic rings. The highest BCUT2D eigenvalue weighted by Crippen LogP contribution is 2.24. The summed E-state index contributed by atoms with van der Waals surface area (Å²) >= 11 is 0. The molecule has 0 aromatic heterocycles. The summed E-state index contributed by atoms with van der Waals surface area (Å²) in [5, 5.41) is 0. The largest absolute Gasteiger partial charge is 0.381 e. The second kappa shape index (κ2) is 4.71. The predicted octanol–water partition coefficient (Wildman–Crippen LogP) is 0.0917. The van der Waals surface area contributed by atoms with Crippen LogP contribution in [0, 0.1) is 5.92 Å². The molecular formula is C10H19NO4S. The van der Waals surface area contributed by atoms with Gasteiger partial charge >= 0.3 is 0 Å². The molecule has 0 bridgehead atoms. The third-order valence-corrected chi connectivity index (χ3v) is 5.83. The van der Waals surface area contributed by atoms with E-state index in [0.717, 1.165) is 12.8 Å². The number of primary amides is 1. The molecule has 1 aliphatic heterocycles. The molecule has 0 atom stereocenters. The third-order valence-electron chi connectivity index (χ3n) is 3.17. The fourth-order valence-corrected chi connectivity index (χ4v) is 3.26. The number of amides is 1. The first-order valence-corrected chi connectivity index (χ1v) is 7.02. The molecule has 1 fully saturated rings. The lowest BCUT2D eigenvalue weighted by molar-refractivity contribution is -0.119. The number of sulfone groups is 1. The quantitative estimate of drug-likeness (QED) is 0.765. The molecule has 1 amide bonds. The summed E-state index contributed by atoms with van der Waals surface area (Å²) in [4.78, 5) is 11.1. The number of hydrogen-bond acceptors (Lipinski definition) is 4. The maximum atomic E-state index is 12.0. The number of carbonyl (C=O) groups is 1. The standard InChI is InChI=1S/C10H19NO4S/c1-10(2,9(11)12)16(13,14)7-8-3-5-15-6-4-8/h8H,3-7H2,1-2H3,(H2,11,12). The Labute approximate surface area is 96.3 Å². The first-order chi connectivity index (χ1) is 7.27. The van der Waals surface area contributed by atoms with Gasteiger partial charge in [-0.05, 0) is 32.6 Å². The fraction of sp³-hybridized carbons (Fsp3) is 0.900. The Hall–Kier alpha value is -0.620. The number of nitrogens with two attached hydrogens (primary N) is 1. The predicted molar refractivity (Wildman–Crippen MR) is 60.6 cm³/mol. The number of ether oxygens (including phenoxy) is 1. The van der Waals surface area contributed by atoms with Crippen molar-refractivity contribution in [3.63, 3.8) is 0 Å². The van der Waals surface area contributed by atoms with Crippen molar-refractivity contribution in [3.05, 3.63) is 0 Å². The van der Waals surface area contributed by atoms with Gasteiger partial charge in [-0.1, -0.05) is 0 Å². The smallest absolute Gasteiger partial charge is 0.238 e. The normalized spacial score (nSPS) is 19.6. The average molecular weight is 249 g/mol. The maximum Gasteiger partial charge on any atom is 0.238 e. The van der Waals surface area contributed by atoms with Crippen LogP contribution in [0.3, 0.4) is 0 Å². The first-order valence-electron chi connectivity index (χ1n) is 5.37. The van der Waals surface area contributed by atoms with E-state index in [9.17, 15) is 13.2 Å². The van der Waals surface area contributed by atoms with Gasteiger partial charge < -0.3 is 10.5 Å². The van der Waals surface area contributed by atoms with E-state index < -0.39 is 20.5 Å². The van der Waals surface area contributed by atoms with Crippen LogP contribution < -0.4 is 5.73 Å². The lowest BCUT2D eigenvalue weighted by Gasteiger charge is -2.26. The highest BCUT2D eigenvalue weighted by Gasteiger charge is 2.41. The van der Waals surface area contributed by atoms with E-state index in [1.807, 2.05) is 0 Å². The van der Waals surface area contributed by atoms with Crippen molar-refractivity contribution in [2.75, 3.05) is 19.0 Å². The van der Waals surface area contributed by atoms with Crippen LogP contribution in [0.4, 0.5) is 0 Å². The Kier molecular flexibility index (Phi) is 3.96. The zero-order chi connectivity index (χ0) is 12.4. The number of carbonyl (C=O) groups excluding carboxylic acids is 1. The minimum absolute atomic E-state index is 0.0201. The summed E-state index contributed by atoms with van der Waals surface area (Å²) < 4.78 is 27.7. The molecular weight excluding hydrogens is 230 g/mol. The number of rotatable bonds is 4. The van der Waals surface area contributed by atoms with E-state index in [0.29, 0.717) is 13.2 Å². The van der Waals surface area contributed by atoms with Crippen molar-refractivity contribution in [3.8, 4) is 0 Å². The minimum Gasteiger partial charge on any atom is -0.381 e. The van der Waals surface area contributed by atoms with Gasteiger partial charge in [0.05, 0.1) is 5.75 Å². The summed E-state index contributed by atoms with van der Waals surface area (Å²) in [6.45, 7) is 3.92. The van der Waals surface area contributed by atoms with Crippen molar-refractivity contribution in [1.29, 1.82) is 0 Å². The molecule has 1 aliphatic rings. The van der Waals surface area contributed by atoms with Gasteiger partial charge in [-0.25, -0.2) is 8.42 Å². The lowest BCUT2D eigenvalue weighted by atomic mass is 10.0. The van der Waals surface area contributed by atoms with Gasteiger partial charge in [0, 0.05) is 13.2 Å². The molecule has 0 saturated carbocycles. The summed E-state index contributed by atoms with van der Waals surface area (Å²) in [5.41, 5.74) is 5.12. The second-order valence-corrected chi connectivity index (χ2v) is 7.30. The van der Waals surface area contributed by atoms with Gasteiger partial charge in [-0.15, -0.1) is 0 Å². The van der Waals surface area contributed by atoms with Crippen LogP contribution in [0.1, 0.15) is 26.7 Å². The highest BCUT2D eigenvalue weighted by atomic mass is 32.2. The topological polar surface area (TPSA) is 86.5 Å². The molecule has 0 radical (unpaired) electrons. The molecule has 0 spiro atoms. The van der Waals surface area contributed by atoms with Gasteiger partial charge in [-0.2, -0.15) is 0 Å². The van der Waals surface area contributed by atoms with Crippen LogP contribution in [0.2, 0.25) is 0 Å². The van der Waals surface area contributed by atoms with Crippen molar-refractivity contribution < 1.29 is 17.9 Å². The Balaban J connectivity index is 2.74. The van der Waals surface area contributed by atoms with Gasteiger partial charge in [0.25, 0.3) is 0 Å². The second-order valence-electron chi connectivity index (χ2n) is 4.71. The lowest BCUT2D eigenvalue weighted by Crippen LogP contribution is -2.47. The van der Waals surface area contributed by atoms with Crippen LogP contribution in [0.5, 0.6) is 0 Å². The van der Waals surface area contributed by atoms with Crippen LogP contribution in [0.15, 0.2) is 0 Å². The summed E-state index contributed by atoms with van der Waals surface area (Å²) in [5.74, 6) is -0.691. The van der Waals surface area contributed by atoms with Crippen LogP contribution in [-0.2, 0) is 19.4 Å². The van der Waals surface area contributed by atoms with E-state index in [1.165, 1.54) is 13.8 Å². The molecule has 16 heavy (non-hydrogen) atoms. The average Bonchev–Trinajstić information content (AvgIpc) is 2.18. The molecule has 94 valence electrons. The number of hydrogen-bond donors (Lipinski definition) is 1. The molecule has 1 saturated heterocycles. The van der Waals surface area contributed by atoms with Crippen LogP contribution >= 0.6 is 0 Å². The van der Waals surface area contributed by atoms with Gasteiger partial charge in [0.1, 0.15) is 4.75 Å². The molecule has 0 unspecified atom stereocenters. The van der Waals surface area contributed by atoms with Crippen molar-refractivity contribution >= 4 is 15.7 Å². The van der Waals surface area contributed by atoms with E-state index in [2.05, 4.69) is 0 Å².